The summed E-state index contributed by atoms with van der Waals surface area (Å²) in [7, 11) is 0. The number of carbonyl (C=O) groups is 1. The number of carbonyl (C=O) groups excluding carboxylic acids is 1. The van der Waals surface area contributed by atoms with Gasteiger partial charge in [0.25, 0.3) is 5.91 Å². The fraction of sp³-hybridized carbons (Fsp3) is 0.533. The van der Waals surface area contributed by atoms with E-state index in [1.165, 1.54) is 0 Å². The van der Waals surface area contributed by atoms with E-state index in [2.05, 4.69) is 5.32 Å². The molecule has 1 fully saturated rings. The fourth-order valence-corrected chi connectivity index (χ4v) is 2.25. The number of hydrogen-bond donors (Lipinski definition) is 1. The molecule has 2 rings (SSSR count). The number of aryl methyl sites for hydroxylation is 1. The predicted molar refractivity (Wildman–Crippen MR) is 73.3 cm³/mol. The molecule has 0 aliphatic carbocycles. The van der Waals surface area contributed by atoms with E-state index in [4.69, 9.17) is 9.47 Å². The van der Waals surface area contributed by atoms with E-state index in [1.807, 2.05) is 38.1 Å². The van der Waals surface area contributed by atoms with Crippen molar-refractivity contribution in [3.63, 3.8) is 0 Å². The Hall–Kier alpha value is -1.55. The smallest absolute Gasteiger partial charge is 0.258 e. The fourth-order valence-electron chi connectivity index (χ4n) is 2.25. The highest BCUT2D eigenvalue weighted by Gasteiger charge is 2.23. The Labute approximate surface area is 114 Å². The molecule has 4 nitrogen and oxygen atoms in total. The zero-order valence-corrected chi connectivity index (χ0v) is 11.5. The van der Waals surface area contributed by atoms with Crippen molar-refractivity contribution in [3.8, 4) is 5.75 Å². The zero-order valence-electron chi connectivity index (χ0n) is 11.5. The van der Waals surface area contributed by atoms with Crippen LogP contribution in [-0.4, -0.2) is 31.3 Å². The van der Waals surface area contributed by atoms with Gasteiger partial charge in [0.1, 0.15) is 5.75 Å². The van der Waals surface area contributed by atoms with Gasteiger partial charge in [-0.2, -0.15) is 0 Å². The molecule has 0 radical (unpaired) electrons. The van der Waals surface area contributed by atoms with Gasteiger partial charge in [-0.15, -0.1) is 0 Å². The van der Waals surface area contributed by atoms with Gasteiger partial charge in [-0.05, 0) is 38.3 Å². The number of rotatable bonds is 5. The summed E-state index contributed by atoms with van der Waals surface area (Å²) >= 11 is 0. The summed E-state index contributed by atoms with van der Waals surface area (Å²) < 4.78 is 11.1. The Balaban J connectivity index is 1.77. The second-order valence-corrected chi connectivity index (χ2v) is 4.96. The van der Waals surface area contributed by atoms with Crippen molar-refractivity contribution >= 4 is 5.91 Å². The Morgan fingerprint density at radius 2 is 2.32 bits per heavy atom. The van der Waals surface area contributed by atoms with Crippen LogP contribution >= 0.6 is 0 Å². The van der Waals surface area contributed by atoms with E-state index in [0.717, 1.165) is 30.8 Å². The highest BCUT2D eigenvalue weighted by molar-refractivity contribution is 5.77. The van der Waals surface area contributed by atoms with Gasteiger partial charge < -0.3 is 14.8 Å². The van der Waals surface area contributed by atoms with Crippen molar-refractivity contribution in [1.29, 1.82) is 0 Å². The maximum Gasteiger partial charge on any atom is 0.258 e. The summed E-state index contributed by atoms with van der Waals surface area (Å²) in [6.07, 6.45) is 2.23. The molecular formula is C15H21NO3. The molecule has 1 aliphatic heterocycles. The maximum absolute atomic E-state index is 11.8. The highest BCUT2D eigenvalue weighted by atomic mass is 16.5. The van der Waals surface area contributed by atoms with Crippen LogP contribution in [-0.2, 0) is 9.53 Å². The molecule has 4 heteroatoms. The summed E-state index contributed by atoms with van der Waals surface area (Å²) in [5, 5.41) is 2.92. The average Bonchev–Trinajstić information content (AvgIpc) is 2.91. The third-order valence-electron chi connectivity index (χ3n) is 3.36. The lowest BCUT2D eigenvalue weighted by molar-refractivity contribution is -0.124. The summed E-state index contributed by atoms with van der Waals surface area (Å²) in [4.78, 5) is 11.8. The monoisotopic (exact) mass is 263 g/mol. The third kappa shape index (κ3) is 3.96. The van der Waals surface area contributed by atoms with Crippen LogP contribution in [0.1, 0.15) is 25.3 Å². The Kier molecular flexibility index (Phi) is 4.80. The lowest BCUT2D eigenvalue weighted by atomic mass is 10.1. The van der Waals surface area contributed by atoms with E-state index in [9.17, 15) is 4.79 Å². The van der Waals surface area contributed by atoms with Crippen molar-refractivity contribution in [2.24, 2.45) is 0 Å². The largest absolute Gasteiger partial charge is 0.484 e. The van der Waals surface area contributed by atoms with Gasteiger partial charge in [0.15, 0.2) is 6.61 Å². The number of amides is 1. The standard InChI is InChI=1S/C15H21NO3/c1-11-6-3-4-7-13(11)19-10-15(17)16-12(2)14-8-5-9-18-14/h3-4,6-7,12,14H,5,8-10H2,1-2H3,(H,16,17)/t12-,14-/m1/s1. The minimum Gasteiger partial charge on any atom is -0.484 e. The predicted octanol–water partition coefficient (Wildman–Crippen LogP) is 2.06. The summed E-state index contributed by atoms with van der Waals surface area (Å²) in [5.41, 5.74) is 1.03. The second-order valence-electron chi connectivity index (χ2n) is 4.96. The summed E-state index contributed by atoms with van der Waals surface area (Å²) in [5.74, 6) is 0.647. The highest BCUT2D eigenvalue weighted by Crippen LogP contribution is 2.17. The lowest BCUT2D eigenvalue weighted by Gasteiger charge is -2.20. The Morgan fingerprint density at radius 1 is 1.53 bits per heavy atom. The van der Waals surface area contributed by atoms with Crippen LogP contribution in [0.4, 0.5) is 0 Å². The van der Waals surface area contributed by atoms with Crippen LogP contribution in [0.2, 0.25) is 0 Å². The number of hydrogen-bond acceptors (Lipinski definition) is 3. The van der Waals surface area contributed by atoms with E-state index >= 15 is 0 Å². The van der Waals surface area contributed by atoms with Crippen molar-refractivity contribution in [2.75, 3.05) is 13.2 Å². The Bertz CT molecular complexity index is 427. The number of benzene rings is 1. The first-order valence-corrected chi connectivity index (χ1v) is 6.76. The quantitative estimate of drug-likeness (QED) is 0.884. The van der Waals surface area contributed by atoms with Gasteiger partial charge in [0.2, 0.25) is 0 Å². The van der Waals surface area contributed by atoms with Crippen LogP contribution in [0.3, 0.4) is 0 Å². The van der Waals surface area contributed by atoms with Crippen LogP contribution in [0.25, 0.3) is 0 Å². The molecule has 0 bridgehead atoms. The molecule has 0 saturated carbocycles. The first kappa shape index (κ1) is 13.9. The molecule has 1 N–H and O–H groups in total. The van der Waals surface area contributed by atoms with Gasteiger partial charge in [-0.1, -0.05) is 18.2 Å². The SMILES string of the molecule is Cc1ccccc1OCC(=O)N[C@H](C)[C@H]1CCCO1. The maximum atomic E-state index is 11.8. The van der Waals surface area contributed by atoms with E-state index in [0.29, 0.717) is 0 Å². The van der Waals surface area contributed by atoms with Crippen molar-refractivity contribution in [2.45, 2.75) is 38.8 Å². The molecule has 2 atom stereocenters. The molecule has 0 spiro atoms. The molecule has 1 aromatic rings. The van der Waals surface area contributed by atoms with Crippen molar-refractivity contribution < 1.29 is 14.3 Å². The molecule has 104 valence electrons. The van der Waals surface area contributed by atoms with Crippen LogP contribution < -0.4 is 10.1 Å². The van der Waals surface area contributed by atoms with Gasteiger partial charge in [-0.25, -0.2) is 0 Å². The zero-order chi connectivity index (χ0) is 13.7. The van der Waals surface area contributed by atoms with Crippen molar-refractivity contribution in [1.82, 2.24) is 5.32 Å². The number of para-hydroxylation sites is 1. The minimum absolute atomic E-state index is 0.0375. The summed E-state index contributed by atoms with van der Waals surface area (Å²) in [6.45, 7) is 4.77. The van der Waals surface area contributed by atoms with Gasteiger partial charge in [-0.3, -0.25) is 4.79 Å². The third-order valence-corrected chi connectivity index (χ3v) is 3.36. The van der Waals surface area contributed by atoms with E-state index in [-0.39, 0.29) is 24.7 Å². The van der Waals surface area contributed by atoms with Gasteiger partial charge >= 0.3 is 0 Å². The normalized spacial score (nSPS) is 20.0. The first-order chi connectivity index (χ1) is 9.16. The average molecular weight is 263 g/mol. The first-order valence-electron chi connectivity index (χ1n) is 6.76. The van der Waals surface area contributed by atoms with Crippen LogP contribution in [0.5, 0.6) is 5.75 Å². The summed E-state index contributed by atoms with van der Waals surface area (Å²) in [6, 6.07) is 7.71. The molecule has 1 aromatic carbocycles. The topological polar surface area (TPSA) is 47.6 Å². The molecular weight excluding hydrogens is 242 g/mol. The Morgan fingerprint density at radius 3 is 3.00 bits per heavy atom. The molecule has 0 aromatic heterocycles. The number of nitrogens with one attached hydrogen (secondary N) is 1. The van der Waals surface area contributed by atoms with Crippen LogP contribution in [0, 0.1) is 6.92 Å². The van der Waals surface area contributed by atoms with Gasteiger partial charge in [0.05, 0.1) is 12.1 Å². The molecule has 1 heterocycles. The molecule has 1 amide bonds. The second kappa shape index (κ2) is 6.57. The minimum atomic E-state index is -0.105. The lowest BCUT2D eigenvalue weighted by Crippen LogP contribution is -2.42. The molecule has 1 aliphatic rings. The van der Waals surface area contributed by atoms with E-state index in [1.54, 1.807) is 0 Å². The molecule has 19 heavy (non-hydrogen) atoms. The van der Waals surface area contributed by atoms with E-state index < -0.39 is 0 Å². The molecule has 1 saturated heterocycles. The molecule has 0 unspecified atom stereocenters. The van der Waals surface area contributed by atoms with Crippen molar-refractivity contribution in [3.05, 3.63) is 29.8 Å². The van der Waals surface area contributed by atoms with Crippen LogP contribution in [0.15, 0.2) is 24.3 Å². The van der Waals surface area contributed by atoms with Gasteiger partial charge in [0, 0.05) is 6.61 Å². The number of ether oxygens (including phenoxy) is 2.